The summed E-state index contributed by atoms with van der Waals surface area (Å²) in [5.74, 6) is -4.34. The van der Waals surface area contributed by atoms with E-state index in [0.29, 0.717) is 25.7 Å². The Bertz CT molecular complexity index is 1070. The van der Waals surface area contributed by atoms with Crippen molar-refractivity contribution < 1.29 is 47.9 Å². The van der Waals surface area contributed by atoms with E-state index < -0.39 is 59.3 Å². The molecule has 2 unspecified atom stereocenters. The lowest BCUT2D eigenvalue weighted by Crippen LogP contribution is -2.47. The number of unbranched alkanes of at least 4 members (excludes halogenated alkanes) is 2. The molecule has 2 atom stereocenters. The highest BCUT2D eigenvalue weighted by molar-refractivity contribution is 6.13. The molecule has 0 radical (unpaired) electrons. The van der Waals surface area contributed by atoms with E-state index in [2.05, 4.69) is 10.6 Å². The Labute approximate surface area is 246 Å². The minimum atomic E-state index is -1.06. The first kappa shape index (κ1) is 34.2. The SMILES string of the molecule is O=CNC(=O)C(CCCCN1C(=O)C=CC1=O)NC(=O)CCCC(=O)NC(CCCCN1C(=O)C=CC1=O)C(=O)NC=O. The van der Waals surface area contributed by atoms with Gasteiger partial charge in [0.05, 0.1) is 0 Å². The summed E-state index contributed by atoms with van der Waals surface area (Å²) in [4.78, 5) is 119. The van der Waals surface area contributed by atoms with Crippen LogP contribution >= 0.6 is 0 Å². The summed E-state index contributed by atoms with van der Waals surface area (Å²) in [7, 11) is 0. The molecule has 43 heavy (non-hydrogen) atoms. The van der Waals surface area contributed by atoms with Gasteiger partial charge in [0.2, 0.25) is 36.4 Å². The minimum Gasteiger partial charge on any atom is -0.344 e. The van der Waals surface area contributed by atoms with Gasteiger partial charge in [-0.1, -0.05) is 0 Å². The maximum atomic E-state index is 12.4. The molecule has 0 aromatic rings. The number of nitrogens with zero attached hydrogens (tertiary/aromatic N) is 2. The Morgan fingerprint density at radius 3 is 1.26 bits per heavy atom. The van der Waals surface area contributed by atoms with Crippen LogP contribution in [-0.2, 0) is 47.9 Å². The van der Waals surface area contributed by atoms with Crippen LogP contribution in [-0.4, -0.2) is 95.1 Å². The van der Waals surface area contributed by atoms with Crippen molar-refractivity contribution in [3.63, 3.8) is 0 Å². The van der Waals surface area contributed by atoms with Gasteiger partial charge in [-0.2, -0.15) is 0 Å². The zero-order valence-corrected chi connectivity index (χ0v) is 23.4. The van der Waals surface area contributed by atoms with E-state index in [9.17, 15) is 47.9 Å². The van der Waals surface area contributed by atoms with Crippen LogP contribution in [0.1, 0.15) is 57.8 Å². The second-order valence-electron chi connectivity index (χ2n) is 9.66. The molecule has 10 amide bonds. The lowest BCUT2D eigenvalue weighted by molar-refractivity contribution is -0.138. The van der Waals surface area contributed by atoms with Crippen molar-refractivity contribution in [3.05, 3.63) is 24.3 Å². The lowest BCUT2D eigenvalue weighted by atomic mass is 10.1. The molecular weight excluding hydrogens is 568 g/mol. The van der Waals surface area contributed by atoms with Crippen LogP contribution in [0.4, 0.5) is 0 Å². The van der Waals surface area contributed by atoms with Crippen molar-refractivity contribution in [2.45, 2.75) is 69.9 Å². The summed E-state index contributed by atoms with van der Waals surface area (Å²) >= 11 is 0. The highest BCUT2D eigenvalue weighted by atomic mass is 16.2. The van der Waals surface area contributed by atoms with Gasteiger partial charge in [-0.05, 0) is 44.9 Å². The van der Waals surface area contributed by atoms with Gasteiger partial charge in [-0.15, -0.1) is 0 Å². The summed E-state index contributed by atoms with van der Waals surface area (Å²) in [6, 6.07) is -2.12. The fourth-order valence-corrected chi connectivity index (χ4v) is 4.34. The Hall–Kier alpha value is -5.02. The van der Waals surface area contributed by atoms with Crippen LogP contribution in [0.3, 0.4) is 0 Å². The first-order valence-corrected chi connectivity index (χ1v) is 13.7. The predicted molar refractivity (Wildman–Crippen MR) is 146 cm³/mol. The number of amides is 10. The molecular formula is C27H34N6O10. The molecule has 0 aromatic carbocycles. The molecule has 2 aliphatic rings. The average Bonchev–Trinajstić information content (AvgIpc) is 3.46. The van der Waals surface area contributed by atoms with Crippen molar-refractivity contribution in [3.8, 4) is 0 Å². The Kier molecular flexibility index (Phi) is 14.1. The van der Waals surface area contributed by atoms with Gasteiger partial charge >= 0.3 is 0 Å². The fraction of sp³-hybridized carbons (Fsp3) is 0.481. The molecule has 0 bridgehead atoms. The third kappa shape index (κ3) is 11.4. The number of nitrogens with one attached hydrogen (secondary N) is 4. The van der Waals surface area contributed by atoms with Crippen LogP contribution in [0.15, 0.2) is 24.3 Å². The molecule has 0 fully saturated rings. The van der Waals surface area contributed by atoms with Gasteiger partial charge in [-0.3, -0.25) is 68.4 Å². The Morgan fingerprint density at radius 2 is 0.930 bits per heavy atom. The van der Waals surface area contributed by atoms with E-state index in [1.807, 2.05) is 10.6 Å². The minimum absolute atomic E-state index is 0.0556. The average molecular weight is 603 g/mol. The molecule has 0 aromatic heterocycles. The van der Waals surface area contributed by atoms with Gasteiger partial charge in [0, 0.05) is 50.2 Å². The van der Waals surface area contributed by atoms with Gasteiger partial charge in [-0.25, -0.2) is 0 Å². The molecule has 232 valence electrons. The van der Waals surface area contributed by atoms with Crippen LogP contribution in [0.2, 0.25) is 0 Å². The zero-order valence-electron chi connectivity index (χ0n) is 23.4. The number of hydrogen-bond donors (Lipinski definition) is 4. The van der Waals surface area contributed by atoms with E-state index in [-0.39, 0.29) is 58.0 Å². The van der Waals surface area contributed by atoms with Gasteiger partial charge < -0.3 is 10.6 Å². The number of hydrogen-bond acceptors (Lipinski definition) is 10. The van der Waals surface area contributed by atoms with E-state index in [1.165, 1.54) is 0 Å². The van der Waals surface area contributed by atoms with Crippen molar-refractivity contribution >= 4 is 60.1 Å². The molecule has 0 spiro atoms. The number of carbonyl (C=O) groups excluding carboxylic acids is 10. The van der Waals surface area contributed by atoms with Crippen molar-refractivity contribution in [1.82, 2.24) is 31.1 Å². The first-order chi connectivity index (χ1) is 20.6. The molecule has 0 saturated heterocycles. The third-order valence-electron chi connectivity index (χ3n) is 6.56. The van der Waals surface area contributed by atoms with E-state index in [4.69, 9.17) is 0 Å². The molecule has 2 heterocycles. The number of rotatable bonds is 20. The highest BCUT2D eigenvalue weighted by Crippen LogP contribution is 2.10. The van der Waals surface area contributed by atoms with Gasteiger partial charge in [0.25, 0.3) is 23.6 Å². The third-order valence-corrected chi connectivity index (χ3v) is 6.56. The summed E-state index contributed by atoms with van der Waals surface area (Å²) in [6.45, 7) is 0.272. The van der Waals surface area contributed by atoms with E-state index in [0.717, 1.165) is 34.1 Å². The van der Waals surface area contributed by atoms with E-state index in [1.54, 1.807) is 0 Å². The maximum absolute atomic E-state index is 12.4. The predicted octanol–water partition coefficient (Wildman–Crippen LogP) is -2.14. The summed E-state index contributed by atoms with van der Waals surface area (Å²) in [5, 5.41) is 8.95. The second kappa shape index (κ2) is 17.7. The number of imide groups is 4. The summed E-state index contributed by atoms with van der Waals surface area (Å²) < 4.78 is 0. The Morgan fingerprint density at radius 1 is 0.581 bits per heavy atom. The van der Waals surface area contributed by atoms with Crippen molar-refractivity contribution in [1.29, 1.82) is 0 Å². The second-order valence-corrected chi connectivity index (χ2v) is 9.66. The summed E-state index contributed by atoms with van der Waals surface area (Å²) in [5.41, 5.74) is 0. The largest absolute Gasteiger partial charge is 0.344 e. The molecule has 0 saturated carbocycles. The molecule has 4 N–H and O–H groups in total. The van der Waals surface area contributed by atoms with Gasteiger partial charge in [0.15, 0.2) is 0 Å². The smallest absolute Gasteiger partial charge is 0.253 e. The molecule has 16 nitrogen and oxygen atoms in total. The highest BCUT2D eigenvalue weighted by Gasteiger charge is 2.26. The zero-order chi connectivity index (χ0) is 31.8. The van der Waals surface area contributed by atoms with E-state index >= 15 is 0 Å². The topological polar surface area (TPSA) is 225 Å². The van der Waals surface area contributed by atoms with Crippen LogP contribution in [0, 0.1) is 0 Å². The van der Waals surface area contributed by atoms with Crippen molar-refractivity contribution in [2.75, 3.05) is 13.1 Å². The monoisotopic (exact) mass is 602 g/mol. The lowest BCUT2D eigenvalue weighted by Gasteiger charge is -2.19. The maximum Gasteiger partial charge on any atom is 0.253 e. The van der Waals surface area contributed by atoms with Crippen LogP contribution in [0.5, 0.6) is 0 Å². The standard InChI is InChI=1S/C27H34N6O10/c34-16-28-26(42)18(6-1-3-14-32-22(38)10-11-23(32)39)30-20(36)8-5-9-21(37)31-19(27(43)29-17-35)7-2-4-15-33-24(40)12-13-25(33)41/h10-13,16-19H,1-9,14-15H2,(H,30,36)(H,31,37)(H,28,34,42)(H,29,35,43). The fourth-order valence-electron chi connectivity index (χ4n) is 4.34. The van der Waals surface area contributed by atoms with Gasteiger partial charge in [0.1, 0.15) is 12.1 Å². The normalized spacial score (nSPS) is 15.3. The molecule has 2 aliphatic heterocycles. The quantitative estimate of drug-likeness (QED) is 0.0672. The Balaban J connectivity index is 1.75. The molecule has 2 rings (SSSR count). The summed E-state index contributed by atoms with van der Waals surface area (Å²) in [6.07, 6.45) is 6.42. The van der Waals surface area contributed by atoms with Crippen LogP contribution < -0.4 is 21.3 Å². The molecule has 16 heteroatoms. The number of carbonyl (C=O) groups is 10. The first-order valence-electron chi connectivity index (χ1n) is 13.7. The van der Waals surface area contributed by atoms with Crippen LogP contribution in [0.25, 0.3) is 0 Å². The molecule has 0 aliphatic carbocycles. The van der Waals surface area contributed by atoms with Crippen molar-refractivity contribution in [2.24, 2.45) is 0 Å².